The summed E-state index contributed by atoms with van der Waals surface area (Å²) < 4.78 is 0. The minimum absolute atomic E-state index is 0.0770. The van der Waals surface area contributed by atoms with Crippen molar-refractivity contribution in [3.63, 3.8) is 0 Å². The molecule has 2 atom stereocenters. The summed E-state index contributed by atoms with van der Waals surface area (Å²) in [5.74, 6) is 0.812. The van der Waals surface area contributed by atoms with E-state index in [2.05, 4.69) is 33.7 Å². The molecule has 0 bridgehead atoms. The van der Waals surface area contributed by atoms with E-state index < -0.39 is 0 Å². The first-order chi connectivity index (χ1) is 11.2. The van der Waals surface area contributed by atoms with Crippen LogP contribution in [0.2, 0.25) is 0 Å². The lowest BCUT2D eigenvalue weighted by molar-refractivity contribution is -0.0135. The first kappa shape index (κ1) is 18.7. The summed E-state index contributed by atoms with van der Waals surface area (Å²) in [6.07, 6.45) is 15.4. The van der Waals surface area contributed by atoms with Gasteiger partial charge in [0.1, 0.15) is 0 Å². The molecular weight excluding hydrogens is 280 g/mol. The van der Waals surface area contributed by atoms with Crippen molar-refractivity contribution in [2.45, 2.75) is 116 Å². The van der Waals surface area contributed by atoms with Crippen LogP contribution in [0.15, 0.2) is 9.98 Å². The Morgan fingerprint density at radius 3 is 2.13 bits per heavy atom. The molecule has 0 aromatic carbocycles. The molecule has 2 nitrogen and oxygen atoms in total. The molecule has 0 heterocycles. The fourth-order valence-corrected chi connectivity index (χ4v) is 5.82. The highest BCUT2D eigenvalue weighted by atomic mass is 14.9. The van der Waals surface area contributed by atoms with Crippen molar-refractivity contribution in [2.75, 3.05) is 0 Å². The maximum Gasteiger partial charge on any atom is 0.0901 e. The Morgan fingerprint density at radius 1 is 0.870 bits per heavy atom. The fourth-order valence-electron chi connectivity index (χ4n) is 5.82. The average Bonchev–Trinajstić information content (AvgIpc) is 2.62. The third-order valence-corrected chi connectivity index (χ3v) is 7.27. The summed E-state index contributed by atoms with van der Waals surface area (Å²) in [4.78, 5) is 9.84. The highest BCUT2D eigenvalue weighted by molar-refractivity contribution is 5.44. The van der Waals surface area contributed by atoms with E-state index in [-0.39, 0.29) is 5.54 Å². The molecule has 2 saturated carbocycles. The molecule has 2 unspecified atom stereocenters. The predicted molar refractivity (Wildman–Crippen MR) is 100 cm³/mol. The molecule has 2 fully saturated rings. The number of hydrogen-bond acceptors (Lipinski definition) is 2. The standard InChI is InChI=1S/C21H38N2/c1-5-18-13-12-16-21(8-4,20(18,6-2)7-3)23-17-22-19-14-10-9-11-15-19/h18-19H,5-16H2,1-4H3. The van der Waals surface area contributed by atoms with Crippen molar-refractivity contribution in [1.82, 2.24) is 0 Å². The van der Waals surface area contributed by atoms with E-state index in [1.54, 1.807) is 0 Å². The minimum Gasteiger partial charge on any atom is -0.222 e. The topological polar surface area (TPSA) is 24.7 Å². The van der Waals surface area contributed by atoms with Crippen molar-refractivity contribution in [1.29, 1.82) is 0 Å². The molecule has 2 aliphatic rings. The largest absolute Gasteiger partial charge is 0.222 e. The molecule has 2 rings (SSSR count). The Labute approximate surface area is 144 Å². The molecule has 23 heavy (non-hydrogen) atoms. The van der Waals surface area contributed by atoms with E-state index in [4.69, 9.17) is 9.98 Å². The van der Waals surface area contributed by atoms with E-state index >= 15 is 0 Å². The van der Waals surface area contributed by atoms with Crippen molar-refractivity contribution >= 4 is 6.01 Å². The molecule has 0 saturated heterocycles. The van der Waals surface area contributed by atoms with Crippen molar-refractivity contribution < 1.29 is 0 Å². The van der Waals surface area contributed by atoms with E-state index in [0.29, 0.717) is 11.5 Å². The molecule has 0 radical (unpaired) electrons. The van der Waals surface area contributed by atoms with Crippen LogP contribution >= 0.6 is 0 Å². The molecule has 0 aliphatic heterocycles. The molecule has 0 N–H and O–H groups in total. The monoisotopic (exact) mass is 318 g/mol. The summed E-state index contributed by atoms with van der Waals surface area (Å²) >= 11 is 0. The maximum absolute atomic E-state index is 5.10. The zero-order valence-electron chi connectivity index (χ0n) is 16.0. The SMILES string of the molecule is CCC1CCCC(CC)(N=C=NC2CCCCC2)C1(CC)CC. The van der Waals surface area contributed by atoms with Crippen LogP contribution in [0.25, 0.3) is 0 Å². The van der Waals surface area contributed by atoms with Crippen LogP contribution in [0.4, 0.5) is 0 Å². The van der Waals surface area contributed by atoms with Crippen molar-refractivity contribution in [3.8, 4) is 0 Å². The number of hydrogen-bond donors (Lipinski definition) is 0. The molecule has 132 valence electrons. The smallest absolute Gasteiger partial charge is 0.0901 e. The second-order valence-corrected chi connectivity index (χ2v) is 7.88. The lowest BCUT2D eigenvalue weighted by atomic mass is 9.52. The van der Waals surface area contributed by atoms with Crippen LogP contribution in [0.5, 0.6) is 0 Å². The summed E-state index contributed by atoms with van der Waals surface area (Å²) in [5.41, 5.74) is 0.428. The predicted octanol–water partition coefficient (Wildman–Crippen LogP) is 6.66. The van der Waals surface area contributed by atoms with Crippen molar-refractivity contribution in [3.05, 3.63) is 0 Å². The van der Waals surface area contributed by atoms with Crippen LogP contribution in [-0.4, -0.2) is 17.6 Å². The van der Waals surface area contributed by atoms with Gasteiger partial charge < -0.3 is 0 Å². The second kappa shape index (κ2) is 8.47. The third kappa shape index (κ3) is 3.58. The number of aliphatic imine (C=N–C) groups is 2. The first-order valence-electron chi connectivity index (χ1n) is 10.3. The van der Waals surface area contributed by atoms with Crippen LogP contribution in [0, 0.1) is 11.3 Å². The Bertz CT molecular complexity index is 412. The zero-order valence-corrected chi connectivity index (χ0v) is 16.0. The van der Waals surface area contributed by atoms with Gasteiger partial charge in [0, 0.05) is 0 Å². The van der Waals surface area contributed by atoms with E-state index in [1.165, 1.54) is 70.6 Å². The minimum atomic E-state index is 0.0770. The molecule has 2 aliphatic carbocycles. The molecule has 2 heteroatoms. The first-order valence-corrected chi connectivity index (χ1v) is 10.3. The summed E-state index contributed by atoms with van der Waals surface area (Å²) in [6, 6.07) is 3.73. The molecular formula is C21H38N2. The van der Waals surface area contributed by atoms with Gasteiger partial charge >= 0.3 is 0 Å². The van der Waals surface area contributed by atoms with Crippen LogP contribution in [0.3, 0.4) is 0 Å². The third-order valence-electron chi connectivity index (χ3n) is 7.27. The Hall–Kier alpha value is -0.620. The quantitative estimate of drug-likeness (QED) is 0.489. The molecule has 0 spiro atoms. The van der Waals surface area contributed by atoms with Gasteiger partial charge in [-0.3, -0.25) is 0 Å². The Morgan fingerprint density at radius 2 is 1.57 bits per heavy atom. The van der Waals surface area contributed by atoms with Gasteiger partial charge in [0.25, 0.3) is 0 Å². The normalized spacial score (nSPS) is 31.4. The molecule has 0 aromatic heterocycles. The van der Waals surface area contributed by atoms with E-state index in [1.807, 2.05) is 0 Å². The lowest BCUT2D eigenvalue weighted by Crippen LogP contribution is -2.53. The van der Waals surface area contributed by atoms with Gasteiger partial charge in [0.05, 0.1) is 17.6 Å². The summed E-state index contributed by atoms with van der Waals surface area (Å²) in [7, 11) is 0. The number of rotatable bonds is 6. The van der Waals surface area contributed by atoms with E-state index in [0.717, 1.165) is 12.3 Å². The Balaban J connectivity index is 2.29. The van der Waals surface area contributed by atoms with Crippen LogP contribution in [0.1, 0.15) is 105 Å². The van der Waals surface area contributed by atoms with Crippen LogP contribution in [-0.2, 0) is 0 Å². The van der Waals surface area contributed by atoms with Gasteiger partial charge in [-0.05, 0) is 56.3 Å². The van der Waals surface area contributed by atoms with Gasteiger partial charge in [-0.1, -0.05) is 59.8 Å². The highest BCUT2D eigenvalue weighted by Crippen LogP contribution is 2.57. The average molecular weight is 319 g/mol. The molecule has 0 amide bonds. The van der Waals surface area contributed by atoms with Gasteiger partial charge in [-0.25, -0.2) is 9.98 Å². The van der Waals surface area contributed by atoms with E-state index in [9.17, 15) is 0 Å². The van der Waals surface area contributed by atoms with Gasteiger partial charge in [-0.2, -0.15) is 0 Å². The summed E-state index contributed by atoms with van der Waals surface area (Å²) in [5, 5.41) is 0. The fraction of sp³-hybridized carbons (Fsp3) is 0.952. The maximum atomic E-state index is 5.10. The second-order valence-electron chi connectivity index (χ2n) is 7.88. The Kier molecular flexibility index (Phi) is 6.89. The zero-order chi connectivity index (χ0) is 16.8. The van der Waals surface area contributed by atoms with Crippen LogP contribution < -0.4 is 0 Å². The van der Waals surface area contributed by atoms with Crippen molar-refractivity contribution in [2.24, 2.45) is 21.3 Å². The van der Waals surface area contributed by atoms with Gasteiger partial charge in [0.2, 0.25) is 0 Å². The lowest BCUT2D eigenvalue weighted by Gasteiger charge is -2.55. The summed E-state index contributed by atoms with van der Waals surface area (Å²) in [6.45, 7) is 9.48. The molecule has 0 aromatic rings. The van der Waals surface area contributed by atoms with Gasteiger partial charge in [0.15, 0.2) is 0 Å². The highest BCUT2D eigenvalue weighted by Gasteiger charge is 2.53. The van der Waals surface area contributed by atoms with Gasteiger partial charge in [-0.15, -0.1) is 0 Å². The number of nitrogens with zero attached hydrogens (tertiary/aromatic N) is 2.